The number of thioether (sulfide) groups is 1. The molecule has 0 unspecified atom stereocenters. The number of nitrogens with zero attached hydrogens (tertiary/aromatic N) is 3. The number of fused-ring (bicyclic) bond motifs is 3. The molecule has 23 heavy (non-hydrogen) atoms. The molecule has 2 heterocycles. The number of aryl methyl sites for hydroxylation is 2. The van der Waals surface area contributed by atoms with Crippen molar-refractivity contribution in [3.63, 3.8) is 0 Å². The molecule has 0 fully saturated rings. The highest BCUT2D eigenvalue weighted by Crippen LogP contribution is 2.34. The molecule has 3 rings (SSSR count). The second kappa shape index (κ2) is 7.16. The average Bonchev–Trinajstić information content (AvgIpc) is 2.93. The number of hydrogen-bond donors (Lipinski definition) is 1. The second-order valence-corrected chi connectivity index (χ2v) is 7.69. The predicted molar refractivity (Wildman–Crippen MR) is 91.6 cm³/mol. The maximum Gasteiger partial charge on any atom is 0.260 e. The zero-order valence-corrected chi connectivity index (χ0v) is 14.2. The van der Waals surface area contributed by atoms with Gasteiger partial charge in [0, 0.05) is 17.1 Å². The van der Waals surface area contributed by atoms with E-state index in [1.165, 1.54) is 28.6 Å². The highest BCUT2D eigenvalue weighted by molar-refractivity contribution is 7.99. The van der Waals surface area contributed by atoms with Crippen molar-refractivity contribution in [2.45, 2.75) is 43.7 Å². The van der Waals surface area contributed by atoms with Gasteiger partial charge in [-0.2, -0.15) is 10.5 Å². The molecule has 0 saturated heterocycles. The van der Waals surface area contributed by atoms with E-state index in [2.05, 4.69) is 22.1 Å². The van der Waals surface area contributed by atoms with Crippen molar-refractivity contribution >= 4 is 33.3 Å². The first-order chi connectivity index (χ1) is 11.2. The summed E-state index contributed by atoms with van der Waals surface area (Å²) in [6, 6.07) is 4.27. The fourth-order valence-electron chi connectivity index (χ4n) is 2.82. The van der Waals surface area contributed by atoms with Crippen molar-refractivity contribution in [2.75, 3.05) is 5.75 Å². The molecule has 1 aliphatic rings. The monoisotopic (exact) mass is 344 g/mol. The van der Waals surface area contributed by atoms with Gasteiger partial charge >= 0.3 is 0 Å². The average molecular weight is 344 g/mol. The van der Waals surface area contributed by atoms with Crippen LogP contribution in [0.4, 0.5) is 0 Å². The molecule has 2 aromatic heterocycles. The van der Waals surface area contributed by atoms with E-state index in [0.717, 1.165) is 29.5 Å². The Bertz CT molecular complexity index is 856. The molecule has 0 radical (unpaired) electrons. The van der Waals surface area contributed by atoms with Crippen molar-refractivity contribution in [3.05, 3.63) is 20.8 Å². The SMILES string of the molecule is N#CCC[C@H](C#N)CSc1nc2sc3c(c2c(=O)[nH]1)CCCC3. The molecule has 5 nitrogen and oxygen atoms in total. The first kappa shape index (κ1) is 16.0. The normalized spacial score (nSPS) is 14.9. The molecule has 1 N–H and O–H groups in total. The zero-order valence-electron chi connectivity index (χ0n) is 12.6. The molecule has 1 atom stereocenters. The summed E-state index contributed by atoms with van der Waals surface area (Å²) < 4.78 is 0. The summed E-state index contributed by atoms with van der Waals surface area (Å²) in [5.74, 6) is 0.342. The number of aromatic nitrogens is 2. The van der Waals surface area contributed by atoms with Crippen molar-refractivity contribution in [1.82, 2.24) is 9.97 Å². The Kier molecular flexibility index (Phi) is 5.00. The highest BCUT2D eigenvalue weighted by atomic mass is 32.2. The number of rotatable bonds is 5. The van der Waals surface area contributed by atoms with Gasteiger partial charge < -0.3 is 4.98 Å². The minimum Gasteiger partial charge on any atom is -0.301 e. The summed E-state index contributed by atoms with van der Waals surface area (Å²) in [5, 5.41) is 19.0. The Labute approximate surface area is 142 Å². The van der Waals surface area contributed by atoms with E-state index in [1.807, 2.05) is 0 Å². The van der Waals surface area contributed by atoms with Crippen LogP contribution in [0, 0.1) is 28.6 Å². The molecule has 2 aromatic rings. The van der Waals surface area contributed by atoms with Crippen LogP contribution in [0.2, 0.25) is 0 Å². The van der Waals surface area contributed by atoms with E-state index in [9.17, 15) is 4.79 Å². The van der Waals surface area contributed by atoms with Crippen molar-refractivity contribution in [2.24, 2.45) is 5.92 Å². The molecule has 0 spiro atoms. The van der Waals surface area contributed by atoms with E-state index < -0.39 is 0 Å². The van der Waals surface area contributed by atoms with Crippen molar-refractivity contribution < 1.29 is 0 Å². The van der Waals surface area contributed by atoms with Crippen molar-refractivity contribution in [1.29, 1.82) is 10.5 Å². The minimum atomic E-state index is -0.197. The number of nitriles is 2. The van der Waals surface area contributed by atoms with Gasteiger partial charge in [0.05, 0.1) is 23.4 Å². The van der Waals surface area contributed by atoms with Gasteiger partial charge in [-0.15, -0.1) is 11.3 Å². The lowest BCUT2D eigenvalue weighted by Gasteiger charge is -2.09. The van der Waals surface area contributed by atoms with E-state index in [-0.39, 0.29) is 11.5 Å². The van der Waals surface area contributed by atoms with Crippen LogP contribution >= 0.6 is 23.1 Å². The van der Waals surface area contributed by atoms with Gasteiger partial charge in [-0.05, 0) is 37.7 Å². The van der Waals surface area contributed by atoms with Crippen LogP contribution in [0.3, 0.4) is 0 Å². The van der Waals surface area contributed by atoms with Gasteiger partial charge in [-0.25, -0.2) is 4.98 Å². The summed E-state index contributed by atoms with van der Waals surface area (Å²) in [4.78, 5) is 22.0. The Morgan fingerprint density at radius 3 is 2.96 bits per heavy atom. The van der Waals surface area contributed by atoms with Gasteiger partial charge in [0.25, 0.3) is 5.56 Å². The summed E-state index contributed by atoms with van der Waals surface area (Å²) in [7, 11) is 0. The van der Waals surface area contributed by atoms with Crippen molar-refractivity contribution in [3.8, 4) is 12.1 Å². The molecule has 0 aliphatic heterocycles. The zero-order chi connectivity index (χ0) is 16.2. The Balaban J connectivity index is 1.82. The summed E-state index contributed by atoms with van der Waals surface area (Å²) in [6.07, 6.45) is 5.26. The van der Waals surface area contributed by atoms with Crippen LogP contribution in [-0.4, -0.2) is 15.7 Å². The standard InChI is InChI=1S/C16H16N4OS2/c17-7-3-4-10(8-18)9-22-16-19-14(21)13-11-5-1-2-6-12(11)23-15(13)20-16/h10H,1-6,9H2,(H,19,20,21)/t10-/m1/s1. The maximum absolute atomic E-state index is 12.4. The van der Waals surface area contributed by atoms with E-state index in [4.69, 9.17) is 10.5 Å². The van der Waals surface area contributed by atoms with Crippen LogP contribution in [0.15, 0.2) is 9.95 Å². The van der Waals surface area contributed by atoms with Crippen LogP contribution in [0.25, 0.3) is 10.2 Å². The largest absolute Gasteiger partial charge is 0.301 e. The lowest BCUT2D eigenvalue weighted by atomic mass is 9.97. The van der Waals surface area contributed by atoms with Gasteiger partial charge in [0.2, 0.25) is 0 Å². The third-order valence-electron chi connectivity index (χ3n) is 4.01. The van der Waals surface area contributed by atoms with Crippen LogP contribution in [-0.2, 0) is 12.8 Å². The van der Waals surface area contributed by atoms with Crippen LogP contribution < -0.4 is 5.56 Å². The smallest absolute Gasteiger partial charge is 0.260 e. The Morgan fingerprint density at radius 1 is 1.35 bits per heavy atom. The summed E-state index contributed by atoms with van der Waals surface area (Å²) in [6.45, 7) is 0. The molecule has 0 saturated carbocycles. The lowest BCUT2D eigenvalue weighted by Crippen LogP contribution is -2.11. The minimum absolute atomic E-state index is 0.0672. The molecule has 0 bridgehead atoms. The molecular formula is C16H16N4OS2. The highest BCUT2D eigenvalue weighted by Gasteiger charge is 2.20. The topological polar surface area (TPSA) is 93.3 Å². The number of nitrogens with one attached hydrogen (secondary N) is 1. The Morgan fingerprint density at radius 2 is 2.17 bits per heavy atom. The van der Waals surface area contributed by atoms with E-state index in [1.54, 1.807) is 11.3 Å². The maximum atomic E-state index is 12.4. The third-order valence-corrected chi connectivity index (χ3v) is 6.23. The van der Waals surface area contributed by atoms with Gasteiger partial charge in [-0.1, -0.05) is 11.8 Å². The number of thiophene rings is 1. The number of H-pyrrole nitrogens is 1. The van der Waals surface area contributed by atoms with Crippen LogP contribution in [0.5, 0.6) is 0 Å². The molecule has 0 amide bonds. The summed E-state index contributed by atoms with van der Waals surface area (Å²) in [5.41, 5.74) is 1.12. The molecule has 0 aromatic carbocycles. The number of aromatic amines is 1. The van der Waals surface area contributed by atoms with E-state index >= 15 is 0 Å². The fraction of sp³-hybridized carbons (Fsp3) is 0.500. The third kappa shape index (κ3) is 3.41. The van der Waals surface area contributed by atoms with E-state index in [0.29, 0.717) is 23.8 Å². The second-order valence-electron chi connectivity index (χ2n) is 5.60. The van der Waals surface area contributed by atoms with Gasteiger partial charge in [0.15, 0.2) is 5.16 Å². The van der Waals surface area contributed by atoms with Crippen LogP contribution in [0.1, 0.15) is 36.1 Å². The lowest BCUT2D eigenvalue weighted by molar-refractivity contribution is 0.684. The first-order valence-corrected chi connectivity index (χ1v) is 9.47. The predicted octanol–water partition coefficient (Wildman–Crippen LogP) is 3.40. The Hall–Kier alpha value is -1.83. The molecular weight excluding hydrogens is 328 g/mol. The number of hydrogen-bond acceptors (Lipinski definition) is 6. The first-order valence-electron chi connectivity index (χ1n) is 7.67. The fourth-order valence-corrected chi connectivity index (χ4v) is 5.06. The molecule has 118 valence electrons. The van der Waals surface area contributed by atoms with Gasteiger partial charge in [-0.3, -0.25) is 4.79 Å². The summed E-state index contributed by atoms with van der Waals surface area (Å²) >= 11 is 3.02. The quantitative estimate of drug-likeness (QED) is 0.663. The molecule has 7 heteroatoms. The van der Waals surface area contributed by atoms with Gasteiger partial charge in [0.1, 0.15) is 4.83 Å². The molecule has 1 aliphatic carbocycles.